The molecule has 0 unspecified atom stereocenters. The number of benzene rings is 2. The van der Waals surface area contributed by atoms with E-state index in [-0.39, 0.29) is 11.8 Å². The maximum Gasteiger partial charge on any atom is 0.269 e. The molecule has 5 nitrogen and oxygen atoms in total. The summed E-state index contributed by atoms with van der Waals surface area (Å²) < 4.78 is 5.71. The Balaban J connectivity index is 1.90. The van der Waals surface area contributed by atoms with E-state index in [1.165, 1.54) is 0 Å². The maximum absolute atomic E-state index is 11.9. The van der Waals surface area contributed by atoms with Crippen LogP contribution in [-0.2, 0) is 11.4 Å². The molecule has 2 rings (SSSR count). The third-order valence-corrected chi connectivity index (χ3v) is 3.81. The van der Waals surface area contributed by atoms with E-state index in [4.69, 9.17) is 16.3 Å². The number of rotatable bonds is 5. The first-order valence-electron chi connectivity index (χ1n) is 7.56. The van der Waals surface area contributed by atoms with Crippen molar-refractivity contribution in [3.05, 3.63) is 64.2 Å². The number of ether oxygens (including phenoxy) is 1. The second-order valence-corrected chi connectivity index (χ2v) is 5.66. The Bertz CT molecular complexity index is 730. The quantitative estimate of drug-likeness (QED) is 0.815. The van der Waals surface area contributed by atoms with Gasteiger partial charge in [0.25, 0.3) is 5.91 Å². The second kappa shape index (κ2) is 8.36. The van der Waals surface area contributed by atoms with Crippen LogP contribution in [0.5, 0.6) is 5.75 Å². The van der Waals surface area contributed by atoms with Crippen LogP contribution in [0.25, 0.3) is 0 Å². The molecule has 2 aromatic carbocycles. The SMILES string of the molecule is CCC(=O)NNC(=O)c1ccc(COc2ccc(Cl)c(C)c2)cc1. The van der Waals surface area contributed by atoms with Crippen molar-refractivity contribution in [3.63, 3.8) is 0 Å². The van der Waals surface area contributed by atoms with Gasteiger partial charge in [-0.3, -0.25) is 20.4 Å². The fraction of sp³-hybridized carbons (Fsp3) is 0.222. The Labute approximate surface area is 145 Å². The molecule has 0 spiro atoms. The fourth-order valence-corrected chi connectivity index (χ4v) is 2.03. The number of amides is 2. The molecule has 24 heavy (non-hydrogen) atoms. The van der Waals surface area contributed by atoms with Crippen LogP contribution < -0.4 is 15.6 Å². The Hall–Kier alpha value is -2.53. The standard InChI is InChI=1S/C18H19ClN2O3/c1-3-17(22)20-21-18(23)14-6-4-13(5-7-14)11-24-15-8-9-16(19)12(2)10-15/h4-10H,3,11H2,1-2H3,(H,20,22)(H,21,23). The zero-order valence-electron chi connectivity index (χ0n) is 13.6. The first kappa shape index (κ1) is 17.8. The van der Waals surface area contributed by atoms with Gasteiger partial charge in [0.05, 0.1) is 0 Å². The molecule has 0 saturated carbocycles. The van der Waals surface area contributed by atoms with Gasteiger partial charge < -0.3 is 4.74 Å². The van der Waals surface area contributed by atoms with E-state index in [0.717, 1.165) is 16.9 Å². The van der Waals surface area contributed by atoms with Crippen LogP contribution in [0.4, 0.5) is 0 Å². The average molecular weight is 347 g/mol. The number of nitrogens with one attached hydrogen (secondary N) is 2. The minimum absolute atomic E-state index is 0.244. The molecule has 0 aliphatic heterocycles. The number of carbonyl (C=O) groups excluding carboxylic acids is 2. The summed E-state index contributed by atoms with van der Waals surface area (Å²) in [6.45, 7) is 4.01. The number of aryl methyl sites for hydroxylation is 1. The molecule has 0 aliphatic carbocycles. The van der Waals surface area contributed by atoms with Crippen molar-refractivity contribution >= 4 is 23.4 Å². The Morgan fingerprint density at radius 1 is 1.08 bits per heavy atom. The summed E-state index contributed by atoms with van der Waals surface area (Å²) in [5.74, 6) is 0.130. The van der Waals surface area contributed by atoms with E-state index in [1.54, 1.807) is 37.3 Å². The van der Waals surface area contributed by atoms with E-state index >= 15 is 0 Å². The van der Waals surface area contributed by atoms with Gasteiger partial charge in [-0.1, -0.05) is 30.7 Å². The van der Waals surface area contributed by atoms with Crippen LogP contribution in [0, 0.1) is 6.92 Å². The van der Waals surface area contributed by atoms with Crippen molar-refractivity contribution in [2.75, 3.05) is 0 Å². The lowest BCUT2D eigenvalue weighted by atomic mass is 10.1. The summed E-state index contributed by atoms with van der Waals surface area (Å²) in [4.78, 5) is 23.0. The maximum atomic E-state index is 11.9. The van der Waals surface area contributed by atoms with Crippen molar-refractivity contribution in [3.8, 4) is 5.75 Å². The van der Waals surface area contributed by atoms with Gasteiger partial charge in [0, 0.05) is 17.0 Å². The predicted octanol–water partition coefficient (Wildman–Crippen LogP) is 3.40. The lowest BCUT2D eigenvalue weighted by molar-refractivity contribution is -0.121. The first-order chi connectivity index (χ1) is 11.5. The van der Waals surface area contributed by atoms with Crippen molar-refractivity contribution in [2.24, 2.45) is 0 Å². The monoisotopic (exact) mass is 346 g/mol. The Kier molecular flexibility index (Phi) is 6.21. The van der Waals surface area contributed by atoms with Crippen LogP contribution in [0.15, 0.2) is 42.5 Å². The zero-order chi connectivity index (χ0) is 17.5. The number of hydrazine groups is 1. The molecular formula is C18H19ClN2O3. The lowest BCUT2D eigenvalue weighted by Crippen LogP contribution is -2.41. The van der Waals surface area contributed by atoms with E-state index in [2.05, 4.69) is 10.9 Å². The topological polar surface area (TPSA) is 67.4 Å². The van der Waals surface area contributed by atoms with Crippen LogP contribution in [0.3, 0.4) is 0 Å². The van der Waals surface area contributed by atoms with E-state index in [1.807, 2.05) is 19.1 Å². The van der Waals surface area contributed by atoms with Crippen LogP contribution >= 0.6 is 11.6 Å². The van der Waals surface area contributed by atoms with Crippen molar-refractivity contribution in [1.29, 1.82) is 0 Å². The van der Waals surface area contributed by atoms with Crippen LogP contribution in [-0.4, -0.2) is 11.8 Å². The molecule has 0 heterocycles. The van der Waals surface area contributed by atoms with Crippen LogP contribution in [0.1, 0.15) is 34.8 Å². The van der Waals surface area contributed by atoms with Gasteiger partial charge in [-0.2, -0.15) is 0 Å². The molecule has 2 N–H and O–H groups in total. The molecular weight excluding hydrogens is 328 g/mol. The highest BCUT2D eigenvalue weighted by Crippen LogP contribution is 2.21. The van der Waals surface area contributed by atoms with Crippen molar-refractivity contribution in [2.45, 2.75) is 26.9 Å². The van der Waals surface area contributed by atoms with Gasteiger partial charge in [-0.25, -0.2) is 0 Å². The van der Waals surface area contributed by atoms with Crippen LogP contribution in [0.2, 0.25) is 5.02 Å². The zero-order valence-corrected chi connectivity index (χ0v) is 14.3. The average Bonchev–Trinajstić information content (AvgIpc) is 2.60. The number of carbonyl (C=O) groups is 2. The highest BCUT2D eigenvalue weighted by atomic mass is 35.5. The summed E-state index contributed by atoms with van der Waals surface area (Å²) in [6, 6.07) is 12.5. The minimum atomic E-state index is -0.363. The molecule has 0 aromatic heterocycles. The van der Waals surface area contributed by atoms with Gasteiger partial charge in [0.2, 0.25) is 5.91 Å². The molecule has 0 radical (unpaired) electrons. The predicted molar refractivity (Wildman–Crippen MR) is 92.9 cm³/mol. The summed E-state index contributed by atoms with van der Waals surface area (Å²) in [5.41, 5.74) is 7.02. The van der Waals surface area contributed by atoms with Gasteiger partial charge in [-0.05, 0) is 48.4 Å². The fourth-order valence-electron chi connectivity index (χ4n) is 1.91. The molecule has 0 aliphatic rings. The van der Waals surface area contributed by atoms with E-state index < -0.39 is 0 Å². The van der Waals surface area contributed by atoms with Crippen molar-refractivity contribution < 1.29 is 14.3 Å². The first-order valence-corrected chi connectivity index (χ1v) is 7.94. The molecule has 0 saturated heterocycles. The highest BCUT2D eigenvalue weighted by molar-refractivity contribution is 6.31. The summed E-state index contributed by atoms with van der Waals surface area (Å²) in [5, 5.41) is 0.702. The van der Waals surface area contributed by atoms with E-state index in [9.17, 15) is 9.59 Å². The molecule has 0 bridgehead atoms. The number of hydrogen-bond acceptors (Lipinski definition) is 3. The summed E-state index contributed by atoms with van der Waals surface area (Å²) >= 11 is 5.98. The third kappa shape index (κ3) is 4.99. The highest BCUT2D eigenvalue weighted by Gasteiger charge is 2.06. The molecule has 0 atom stereocenters. The van der Waals surface area contributed by atoms with Gasteiger partial charge in [0.15, 0.2) is 0 Å². The molecule has 2 amide bonds. The normalized spacial score (nSPS) is 10.1. The molecule has 6 heteroatoms. The Morgan fingerprint density at radius 3 is 2.42 bits per heavy atom. The van der Waals surface area contributed by atoms with Gasteiger partial charge in [0.1, 0.15) is 12.4 Å². The molecule has 0 fully saturated rings. The minimum Gasteiger partial charge on any atom is -0.489 e. The largest absolute Gasteiger partial charge is 0.489 e. The lowest BCUT2D eigenvalue weighted by Gasteiger charge is -2.09. The molecule has 2 aromatic rings. The summed E-state index contributed by atoms with van der Waals surface area (Å²) in [6.07, 6.45) is 0.306. The Morgan fingerprint density at radius 2 is 1.79 bits per heavy atom. The third-order valence-electron chi connectivity index (χ3n) is 3.39. The van der Waals surface area contributed by atoms with Gasteiger partial charge in [-0.15, -0.1) is 0 Å². The number of hydrogen-bond donors (Lipinski definition) is 2. The van der Waals surface area contributed by atoms with E-state index in [0.29, 0.717) is 23.6 Å². The van der Waals surface area contributed by atoms with Gasteiger partial charge >= 0.3 is 0 Å². The molecule has 126 valence electrons. The smallest absolute Gasteiger partial charge is 0.269 e. The van der Waals surface area contributed by atoms with Crippen molar-refractivity contribution in [1.82, 2.24) is 10.9 Å². The number of halogens is 1. The second-order valence-electron chi connectivity index (χ2n) is 5.25. The summed E-state index contributed by atoms with van der Waals surface area (Å²) in [7, 11) is 0.